The Kier molecular flexibility index (Phi) is 5.33. The van der Waals surface area contributed by atoms with E-state index in [0.29, 0.717) is 12.6 Å². The molecule has 2 rings (SSSR count). The lowest BCUT2D eigenvalue weighted by Crippen LogP contribution is -2.47. The average molecular weight is 289 g/mol. The van der Waals surface area contributed by atoms with Gasteiger partial charge in [-0.05, 0) is 32.4 Å². The van der Waals surface area contributed by atoms with Crippen LogP contribution in [-0.4, -0.2) is 42.4 Å². The Morgan fingerprint density at radius 2 is 1.95 bits per heavy atom. The van der Waals surface area contributed by atoms with Gasteiger partial charge in [-0.2, -0.15) is 0 Å². The smallest absolute Gasteiger partial charge is 0.237 e. The van der Waals surface area contributed by atoms with E-state index in [2.05, 4.69) is 10.6 Å². The van der Waals surface area contributed by atoms with E-state index in [4.69, 9.17) is 0 Å². The molecule has 0 unspecified atom stereocenters. The second kappa shape index (κ2) is 7.22. The van der Waals surface area contributed by atoms with Crippen molar-refractivity contribution in [2.75, 3.05) is 13.6 Å². The Bertz CT molecular complexity index is 486. The lowest BCUT2D eigenvalue weighted by molar-refractivity contribution is -0.127. The van der Waals surface area contributed by atoms with Crippen LogP contribution in [0.2, 0.25) is 0 Å². The summed E-state index contributed by atoms with van der Waals surface area (Å²) in [5.41, 5.74) is 1.06. The SMILES string of the molecule is C[C@H](C(=O)NCc1ccccc1)N(C)CC(=O)NC1CC1. The van der Waals surface area contributed by atoms with Crippen LogP contribution >= 0.6 is 0 Å². The maximum absolute atomic E-state index is 12.1. The molecular formula is C16H23N3O2. The van der Waals surface area contributed by atoms with Gasteiger partial charge in [0.05, 0.1) is 12.6 Å². The molecule has 5 heteroatoms. The van der Waals surface area contributed by atoms with Crippen LogP contribution in [0, 0.1) is 0 Å². The van der Waals surface area contributed by atoms with E-state index in [-0.39, 0.29) is 24.4 Å². The van der Waals surface area contributed by atoms with Crippen molar-refractivity contribution in [3.8, 4) is 0 Å². The highest BCUT2D eigenvalue weighted by molar-refractivity contribution is 5.83. The molecule has 1 aromatic carbocycles. The van der Waals surface area contributed by atoms with E-state index >= 15 is 0 Å². The largest absolute Gasteiger partial charge is 0.352 e. The Morgan fingerprint density at radius 3 is 2.57 bits per heavy atom. The maximum atomic E-state index is 12.1. The van der Waals surface area contributed by atoms with Crippen molar-refractivity contribution < 1.29 is 9.59 Å². The van der Waals surface area contributed by atoms with Crippen LogP contribution in [0.15, 0.2) is 30.3 Å². The molecule has 0 aliphatic heterocycles. The molecule has 0 heterocycles. The molecule has 0 radical (unpaired) electrons. The molecule has 1 fully saturated rings. The Hall–Kier alpha value is -1.88. The number of rotatable bonds is 7. The molecule has 0 spiro atoms. The van der Waals surface area contributed by atoms with Crippen LogP contribution in [0.25, 0.3) is 0 Å². The zero-order valence-corrected chi connectivity index (χ0v) is 12.6. The Labute approximate surface area is 125 Å². The third-order valence-corrected chi connectivity index (χ3v) is 3.69. The van der Waals surface area contributed by atoms with Crippen LogP contribution < -0.4 is 10.6 Å². The van der Waals surface area contributed by atoms with Gasteiger partial charge in [-0.3, -0.25) is 14.5 Å². The van der Waals surface area contributed by atoms with E-state index in [1.54, 1.807) is 11.9 Å². The number of carbonyl (C=O) groups is 2. The van der Waals surface area contributed by atoms with E-state index in [0.717, 1.165) is 18.4 Å². The van der Waals surface area contributed by atoms with Crippen molar-refractivity contribution in [2.24, 2.45) is 0 Å². The topological polar surface area (TPSA) is 61.4 Å². The highest BCUT2D eigenvalue weighted by Crippen LogP contribution is 2.18. The summed E-state index contributed by atoms with van der Waals surface area (Å²) >= 11 is 0. The first-order chi connectivity index (χ1) is 10.1. The van der Waals surface area contributed by atoms with Crippen LogP contribution in [-0.2, 0) is 16.1 Å². The molecule has 21 heavy (non-hydrogen) atoms. The molecule has 1 aliphatic carbocycles. The summed E-state index contributed by atoms with van der Waals surface area (Å²) in [6, 6.07) is 9.79. The fraction of sp³-hybridized carbons (Fsp3) is 0.500. The van der Waals surface area contributed by atoms with Gasteiger partial charge in [0.15, 0.2) is 0 Å². The Morgan fingerprint density at radius 1 is 1.29 bits per heavy atom. The summed E-state index contributed by atoms with van der Waals surface area (Å²) in [5, 5.41) is 5.82. The molecule has 1 saturated carbocycles. The summed E-state index contributed by atoms with van der Waals surface area (Å²) in [6.07, 6.45) is 2.14. The molecule has 1 aliphatic rings. The zero-order valence-electron chi connectivity index (χ0n) is 12.6. The number of benzene rings is 1. The molecule has 0 aromatic heterocycles. The predicted octanol–water partition coefficient (Wildman–Crippen LogP) is 0.902. The highest BCUT2D eigenvalue weighted by atomic mass is 16.2. The second-order valence-electron chi connectivity index (χ2n) is 5.64. The van der Waals surface area contributed by atoms with Crippen molar-refractivity contribution in [1.29, 1.82) is 0 Å². The minimum absolute atomic E-state index is 0.0114. The van der Waals surface area contributed by atoms with Crippen LogP contribution in [0.4, 0.5) is 0 Å². The van der Waals surface area contributed by atoms with Gasteiger partial charge in [0, 0.05) is 12.6 Å². The highest BCUT2D eigenvalue weighted by Gasteiger charge is 2.25. The van der Waals surface area contributed by atoms with Crippen molar-refractivity contribution >= 4 is 11.8 Å². The fourth-order valence-corrected chi connectivity index (χ4v) is 2.00. The quantitative estimate of drug-likeness (QED) is 0.784. The number of likely N-dealkylation sites (N-methyl/N-ethyl adjacent to an activating group) is 1. The third-order valence-electron chi connectivity index (χ3n) is 3.69. The van der Waals surface area contributed by atoms with Crippen LogP contribution in [0.5, 0.6) is 0 Å². The average Bonchev–Trinajstić information content (AvgIpc) is 3.28. The summed E-state index contributed by atoms with van der Waals surface area (Å²) < 4.78 is 0. The Balaban J connectivity index is 1.73. The van der Waals surface area contributed by atoms with Gasteiger partial charge in [0.25, 0.3) is 0 Å². The molecule has 1 atom stereocenters. The number of nitrogens with zero attached hydrogens (tertiary/aromatic N) is 1. The monoisotopic (exact) mass is 289 g/mol. The van der Waals surface area contributed by atoms with Crippen LogP contribution in [0.3, 0.4) is 0 Å². The van der Waals surface area contributed by atoms with Crippen molar-refractivity contribution in [3.05, 3.63) is 35.9 Å². The zero-order chi connectivity index (χ0) is 15.2. The second-order valence-corrected chi connectivity index (χ2v) is 5.64. The van der Waals surface area contributed by atoms with E-state index in [1.165, 1.54) is 0 Å². The summed E-state index contributed by atoms with van der Waals surface area (Å²) in [7, 11) is 1.79. The molecule has 0 saturated heterocycles. The lowest BCUT2D eigenvalue weighted by Gasteiger charge is -2.23. The molecule has 5 nitrogen and oxygen atoms in total. The van der Waals surface area contributed by atoms with Gasteiger partial charge < -0.3 is 10.6 Å². The predicted molar refractivity (Wildman–Crippen MR) is 81.5 cm³/mol. The van der Waals surface area contributed by atoms with Crippen molar-refractivity contribution in [3.63, 3.8) is 0 Å². The van der Waals surface area contributed by atoms with Crippen LogP contribution in [0.1, 0.15) is 25.3 Å². The molecule has 0 bridgehead atoms. The number of hydrogen-bond donors (Lipinski definition) is 2. The minimum atomic E-state index is -0.335. The molecule has 2 amide bonds. The van der Waals surface area contributed by atoms with Crippen molar-refractivity contribution in [2.45, 2.75) is 38.4 Å². The molecule has 2 N–H and O–H groups in total. The fourth-order valence-electron chi connectivity index (χ4n) is 2.00. The number of carbonyl (C=O) groups excluding carboxylic acids is 2. The molecular weight excluding hydrogens is 266 g/mol. The number of amides is 2. The first-order valence-electron chi connectivity index (χ1n) is 7.37. The summed E-state index contributed by atoms with van der Waals surface area (Å²) in [4.78, 5) is 25.6. The lowest BCUT2D eigenvalue weighted by atomic mass is 10.2. The first kappa shape index (κ1) is 15.5. The molecule has 114 valence electrons. The van der Waals surface area contributed by atoms with Gasteiger partial charge in [0.2, 0.25) is 11.8 Å². The van der Waals surface area contributed by atoms with Crippen molar-refractivity contribution in [1.82, 2.24) is 15.5 Å². The van der Waals surface area contributed by atoms with E-state index in [9.17, 15) is 9.59 Å². The maximum Gasteiger partial charge on any atom is 0.237 e. The number of hydrogen-bond acceptors (Lipinski definition) is 3. The van der Waals surface area contributed by atoms with E-state index < -0.39 is 0 Å². The number of nitrogens with one attached hydrogen (secondary N) is 2. The summed E-state index contributed by atoms with van der Waals surface area (Å²) in [5.74, 6) is -0.0803. The third kappa shape index (κ3) is 5.19. The van der Waals surface area contributed by atoms with Gasteiger partial charge in [-0.15, -0.1) is 0 Å². The normalized spacial score (nSPS) is 15.6. The molecule has 1 aromatic rings. The van der Waals surface area contributed by atoms with E-state index in [1.807, 2.05) is 37.3 Å². The standard InChI is InChI=1S/C16H23N3O2/c1-12(19(2)11-15(20)18-14-8-9-14)16(21)17-10-13-6-4-3-5-7-13/h3-7,12,14H,8-11H2,1-2H3,(H,17,21)(H,18,20)/t12-/m1/s1. The summed E-state index contributed by atoms with van der Waals surface area (Å²) in [6.45, 7) is 2.56. The first-order valence-corrected chi connectivity index (χ1v) is 7.37. The van der Waals surface area contributed by atoms with Gasteiger partial charge in [-0.25, -0.2) is 0 Å². The van der Waals surface area contributed by atoms with Gasteiger partial charge in [-0.1, -0.05) is 30.3 Å². The van der Waals surface area contributed by atoms with Gasteiger partial charge in [0.1, 0.15) is 0 Å². The minimum Gasteiger partial charge on any atom is -0.352 e. The van der Waals surface area contributed by atoms with Gasteiger partial charge >= 0.3 is 0 Å².